The molecular weight excluding hydrogens is 351 g/mol. The molecule has 0 saturated carbocycles. The molecule has 1 aromatic heterocycles. The topological polar surface area (TPSA) is 62.2 Å². The summed E-state index contributed by atoms with van der Waals surface area (Å²) in [4.78, 5) is 14.7. The number of aromatic nitrogens is 1. The maximum absolute atomic E-state index is 10.5. The number of carbonyl (C=O) groups is 1. The molecule has 17 heavy (non-hydrogen) atoms. The van der Waals surface area contributed by atoms with Crippen LogP contribution in [-0.4, -0.2) is 16.1 Å². The Hall–Kier alpha value is -1.15. The van der Waals surface area contributed by atoms with Gasteiger partial charge in [-0.3, -0.25) is 4.79 Å². The van der Waals surface area contributed by atoms with Crippen LogP contribution in [0, 0.1) is 3.57 Å². The molecule has 0 aliphatic heterocycles. The van der Waals surface area contributed by atoms with Gasteiger partial charge in [0.25, 0.3) is 0 Å². The zero-order valence-corrected chi connectivity index (χ0v) is 11.7. The smallest absolute Gasteiger partial charge is 0.309 e. The molecule has 0 atom stereocenters. The van der Waals surface area contributed by atoms with Gasteiger partial charge in [0.15, 0.2) is 5.13 Å². The molecule has 0 spiro atoms. The van der Waals surface area contributed by atoms with Crippen LogP contribution in [0.1, 0.15) is 5.69 Å². The van der Waals surface area contributed by atoms with Crippen LogP contribution in [0.25, 0.3) is 0 Å². The summed E-state index contributed by atoms with van der Waals surface area (Å²) >= 11 is 3.64. The predicted octanol–water partition coefficient (Wildman–Crippen LogP) is 3.12. The van der Waals surface area contributed by atoms with Crippen LogP contribution in [0.15, 0.2) is 29.6 Å². The first-order valence-electron chi connectivity index (χ1n) is 4.83. The van der Waals surface area contributed by atoms with Gasteiger partial charge in [0.1, 0.15) is 0 Å². The number of thiazole rings is 1. The van der Waals surface area contributed by atoms with Gasteiger partial charge in [-0.05, 0) is 34.7 Å². The highest BCUT2D eigenvalue weighted by molar-refractivity contribution is 14.1. The summed E-state index contributed by atoms with van der Waals surface area (Å²) in [5.41, 5.74) is 1.56. The van der Waals surface area contributed by atoms with Crippen LogP contribution in [0.2, 0.25) is 0 Å². The largest absolute Gasteiger partial charge is 0.481 e. The predicted molar refractivity (Wildman–Crippen MR) is 75.9 cm³/mol. The third kappa shape index (κ3) is 3.40. The SMILES string of the molecule is O=C(O)Cc1csc(Nc2ccccc2I)n1. The lowest BCUT2D eigenvalue weighted by atomic mass is 10.3. The van der Waals surface area contributed by atoms with E-state index in [1.54, 1.807) is 5.38 Å². The lowest BCUT2D eigenvalue weighted by Gasteiger charge is -2.04. The van der Waals surface area contributed by atoms with Crippen LogP contribution in [-0.2, 0) is 11.2 Å². The third-order valence-electron chi connectivity index (χ3n) is 2.00. The van der Waals surface area contributed by atoms with E-state index in [0.29, 0.717) is 10.8 Å². The van der Waals surface area contributed by atoms with Crippen LogP contribution in [0.3, 0.4) is 0 Å². The summed E-state index contributed by atoms with van der Waals surface area (Å²) < 4.78 is 1.10. The second-order valence-electron chi connectivity index (χ2n) is 3.32. The average molecular weight is 360 g/mol. The van der Waals surface area contributed by atoms with Gasteiger partial charge >= 0.3 is 5.97 Å². The molecule has 6 heteroatoms. The Labute approximate surface area is 116 Å². The second-order valence-corrected chi connectivity index (χ2v) is 5.34. The van der Waals surface area contributed by atoms with E-state index in [-0.39, 0.29) is 6.42 Å². The second kappa shape index (κ2) is 5.46. The van der Waals surface area contributed by atoms with Crippen molar-refractivity contribution in [2.24, 2.45) is 0 Å². The quantitative estimate of drug-likeness (QED) is 0.823. The molecule has 0 saturated heterocycles. The van der Waals surface area contributed by atoms with Gasteiger partial charge in [0.2, 0.25) is 0 Å². The van der Waals surface area contributed by atoms with Crippen molar-refractivity contribution in [3.63, 3.8) is 0 Å². The number of hydrogen-bond acceptors (Lipinski definition) is 4. The number of aliphatic carboxylic acids is 1. The summed E-state index contributed by atoms with van der Waals surface area (Å²) in [5.74, 6) is -0.865. The zero-order chi connectivity index (χ0) is 12.3. The van der Waals surface area contributed by atoms with Crippen LogP contribution < -0.4 is 5.32 Å². The molecule has 1 aromatic carbocycles. The van der Waals surface area contributed by atoms with Gasteiger partial charge in [0.05, 0.1) is 17.8 Å². The first kappa shape index (κ1) is 12.3. The molecule has 0 radical (unpaired) electrons. The van der Waals surface area contributed by atoms with E-state index in [2.05, 4.69) is 32.9 Å². The van der Waals surface area contributed by atoms with Crippen molar-refractivity contribution in [2.45, 2.75) is 6.42 Å². The lowest BCUT2D eigenvalue weighted by Crippen LogP contribution is -2.00. The lowest BCUT2D eigenvalue weighted by molar-refractivity contribution is -0.136. The normalized spacial score (nSPS) is 10.2. The van der Waals surface area contributed by atoms with E-state index in [9.17, 15) is 4.79 Å². The van der Waals surface area contributed by atoms with E-state index < -0.39 is 5.97 Å². The van der Waals surface area contributed by atoms with Gasteiger partial charge < -0.3 is 10.4 Å². The number of hydrogen-bond donors (Lipinski definition) is 2. The van der Waals surface area contributed by atoms with Crippen LogP contribution in [0.4, 0.5) is 10.8 Å². The van der Waals surface area contributed by atoms with Gasteiger partial charge in [-0.15, -0.1) is 11.3 Å². The zero-order valence-electron chi connectivity index (χ0n) is 8.68. The Morgan fingerprint density at radius 3 is 2.94 bits per heavy atom. The Kier molecular flexibility index (Phi) is 3.95. The van der Waals surface area contributed by atoms with Crippen LogP contribution >= 0.6 is 33.9 Å². The molecule has 2 rings (SSSR count). The molecule has 0 unspecified atom stereocenters. The number of anilines is 2. The van der Waals surface area contributed by atoms with E-state index in [4.69, 9.17) is 5.11 Å². The molecule has 0 bridgehead atoms. The Bertz CT molecular complexity index is 542. The molecule has 2 aromatic rings. The molecule has 0 amide bonds. The first-order chi connectivity index (χ1) is 8.15. The van der Waals surface area contributed by atoms with E-state index in [1.807, 2.05) is 24.3 Å². The molecule has 88 valence electrons. The van der Waals surface area contributed by atoms with Crippen molar-refractivity contribution in [1.29, 1.82) is 0 Å². The van der Waals surface area contributed by atoms with E-state index in [1.165, 1.54) is 11.3 Å². The number of nitrogens with zero attached hydrogens (tertiary/aromatic N) is 1. The first-order valence-corrected chi connectivity index (χ1v) is 6.79. The summed E-state index contributed by atoms with van der Waals surface area (Å²) in [5, 5.41) is 14.3. The van der Waals surface area contributed by atoms with Crippen molar-refractivity contribution in [2.75, 3.05) is 5.32 Å². The Balaban J connectivity index is 2.12. The van der Waals surface area contributed by atoms with Crippen molar-refractivity contribution in [3.8, 4) is 0 Å². The number of rotatable bonds is 4. The summed E-state index contributed by atoms with van der Waals surface area (Å²) in [6.45, 7) is 0. The molecule has 0 aliphatic carbocycles. The fourth-order valence-corrected chi connectivity index (χ4v) is 2.52. The van der Waals surface area contributed by atoms with Gasteiger partial charge in [0, 0.05) is 8.95 Å². The molecule has 0 aliphatic rings. The maximum atomic E-state index is 10.5. The molecule has 2 N–H and O–H groups in total. The maximum Gasteiger partial charge on any atom is 0.309 e. The fourth-order valence-electron chi connectivity index (χ4n) is 1.28. The number of halogens is 1. The highest BCUT2D eigenvalue weighted by Gasteiger charge is 2.07. The minimum atomic E-state index is -0.865. The molecule has 1 heterocycles. The summed E-state index contributed by atoms with van der Waals surface area (Å²) in [6, 6.07) is 7.86. The highest BCUT2D eigenvalue weighted by atomic mass is 127. The van der Waals surface area contributed by atoms with Gasteiger partial charge in [-0.2, -0.15) is 0 Å². The van der Waals surface area contributed by atoms with Crippen LogP contribution in [0.5, 0.6) is 0 Å². The summed E-state index contributed by atoms with van der Waals surface area (Å²) in [7, 11) is 0. The van der Waals surface area contributed by atoms with E-state index in [0.717, 1.165) is 9.26 Å². The summed E-state index contributed by atoms with van der Waals surface area (Å²) in [6.07, 6.45) is -0.0376. The fraction of sp³-hybridized carbons (Fsp3) is 0.0909. The molecule has 4 nitrogen and oxygen atoms in total. The monoisotopic (exact) mass is 360 g/mol. The van der Waals surface area contributed by atoms with E-state index >= 15 is 0 Å². The number of carboxylic acids is 1. The standard InChI is InChI=1S/C11H9IN2O2S/c12-8-3-1-2-4-9(8)14-11-13-7(6-17-11)5-10(15)16/h1-4,6H,5H2,(H,13,14)(H,15,16). The van der Waals surface area contributed by atoms with Gasteiger partial charge in [-0.1, -0.05) is 12.1 Å². The highest BCUT2D eigenvalue weighted by Crippen LogP contribution is 2.24. The Morgan fingerprint density at radius 2 is 2.24 bits per heavy atom. The minimum Gasteiger partial charge on any atom is -0.481 e. The minimum absolute atomic E-state index is 0.0376. The molecular formula is C11H9IN2O2S. The average Bonchev–Trinajstić information content (AvgIpc) is 2.68. The number of benzene rings is 1. The number of nitrogens with one attached hydrogen (secondary N) is 1. The van der Waals surface area contributed by atoms with Crippen molar-refractivity contribution >= 4 is 50.7 Å². The van der Waals surface area contributed by atoms with Crippen molar-refractivity contribution < 1.29 is 9.90 Å². The van der Waals surface area contributed by atoms with Crippen molar-refractivity contribution in [1.82, 2.24) is 4.98 Å². The van der Waals surface area contributed by atoms with Gasteiger partial charge in [-0.25, -0.2) is 4.98 Å². The number of carboxylic acid groups (broad SMARTS) is 1. The number of para-hydroxylation sites is 1. The third-order valence-corrected chi connectivity index (χ3v) is 3.75. The Morgan fingerprint density at radius 1 is 1.47 bits per heavy atom. The van der Waals surface area contributed by atoms with Crippen molar-refractivity contribution in [3.05, 3.63) is 38.9 Å². The molecule has 0 fully saturated rings.